The molecule has 0 spiro atoms. The molecule has 0 saturated carbocycles. The summed E-state index contributed by atoms with van der Waals surface area (Å²) in [6, 6.07) is 21.4. The van der Waals surface area contributed by atoms with Crippen molar-refractivity contribution in [3.05, 3.63) is 102 Å². The van der Waals surface area contributed by atoms with Crippen LogP contribution in [-0.4, -0.2) is 38.0 Å². The minimum atomic E-state index is -0.417. The van der Waals surface area contributed by atoms with Crippen LogP contribution in [0.2, 0.25) is 0 Å². The van der Waals surface area contributed by atoms with E-state index in [1.807, 2.05) is 49.4 Å². The molecule has 0 radical (unpaired) electrons. The average molecular weight is 495 g/mol. The van der Waals surface area contributed by atoms with Gasteiger partial charge < -0.3 is 14.8 Å². The maximum absolute atomic E-state index is 13.7. The average Bonchev–Trinajstić information content (AvgIpc) is 3.20. The van der Waals surface area contributed by atoms with Crippen molar-refractivity contribution in [3.8, 4) is 11.5 Å². The molecule has 0 aromatic heterocycles. The van der Waals surface area contributed by atoms with E-state index in [2.05, 4.69) is 5.32 Å². The predicted octanol–water partition coefficient (Wildman–Crippen LogP) is 5.32. The summed E-state index contributed by atoms with van der Waals surface area (Å²) >= 11 is 0. The van der Waals surface area contributed by atoms with Crippen LogP contribution in [0.15, 0.2) is 102 Å². The van der Waals surface area contributed by atoms with Gasteiger partial charge in [-0.3, -0.25) is 9.69 Å². The Labute approximate surface area is 215 Å². The Kier molecular flexibility index (Phi) is 6.47. The van der Waals surface area contributed by atoms with Crippen LogP contribution in [0.1, 0.15) is 5.56 Å². The second-order valence-electron chi connectivity index (χ2n) is 8.58. The number of allylic oxidation sites excluding steroid dienone is 1. The second kappa shape index (κ2) is 10.0. The molecule has 1 fully saturated rings. The summed E-state index contributed by atoms with van der Waals surface area (Å²) < 4.78 is 10.4. The lowest BCUT2D eigenvalue weighted by Gasteiger charge is -2.22. The Morgan fingerprint density at radius 3 is 2.11 bits per heavy atom. The summed E-state index contributed by atoms with van der Waals surface area (Å²) in [5, 5.41) is 2.83. The number of aryl methyl sites for hydroxylation is 1. The zero-order valence-electron chi connectivity index (χ0n) is 20.7. The summed E-state index contributed by atoms with van der Waals surface area (Å²) in [6.07, 6.45) is 5.05. The van der Waals surface area contributed by atoms with Crippen LogP contribution in [-0.2, 0) is 4.79 Å². The molecule has 186 valence electrons. The molecule has 5 rings (SSSR count). The zero-order valence-corrected chi connectivity index (χ0v) is 20.7. The third-order valence-electron chi connectivity index (χ3n) is 6.14. The Balaban J connectivity index is 1.48. The van der Waals surface area contributed by atoms with Crippen molar-refractivity contribution in [2.45, 2.75) is 13.0 Å². The summed E-state index contributed by atoms with van der Waals surface area (Å²) in [5.41, 5.74) is 3.59. The van der Waals surface area contributed by atoms with Crippen LogP contribution in [0.4, 0.5) is 21.9 Å². The van der Waals surface area contributed by atoms with Crippen LogP contribution in [0, 0.1) is 6.92 Å². The highest BCUT2D eigenvalue weighted by Crippen LogP contribution is 2.34. The van der Waals surface area contributed by atoms with Gasteiger partial charge in [0.2, 0.25) is 0 Å². The fraction of sp³-hybridized carbons (Fsp3) is 0.138. The number of anilines is 3. The predicted molar refractivity (Wildman–Crippen MR) is 145 cm³/mol. The van der Waals surface area contributed by atoms with Gasteiger partial charge in [-0.2, -0.15) is 0 Å². The maximum Gasteiger partial charge on any atom is 0.335 e. The molecular weight excluding hydrogens is 468 g/mol. The van der Waals surface area contributed by atoms with Crippen molar-refractivity contribution in [2.24, 2.45) is 4.99 Å². The molecule has 8 nitrogen and oxygen atoms in total. The molecule has 0 bridgehead atoms. The van der Waals surface area contributed by atoms with Gasteiger partial charge in [0.25, 0.3) is 5.91 Å². The largest absolute Gasteiger partial charge is 0.497 e. The number of carbonyl (C=O) groups is 2. The lowest BCUT2D eigenvalue weighted by Crippen LogP contribution is -2.34. The van der Waals surface area contributed by atoms with Crippen molar-refractivity contribution >= 4 is 34.8 Å². The number of methoxy groups -OCH3 is 2. The van der Waals surface area contributed by atoms with Gasteiger partial charge in [-0.15, -0.1) is 0 Å². The van der Waals surface area contributed by atoms with Crippen LogP contribution in [0.3, 0.4) is 0 Å². The van der Waals surface area contributed by atoms with E-state index in [1.54, 1.807) is 66.5 Å². The Morgan fingerprint density at radius 1 is 0.892 bits per heavy atom. The van der Waals surface area contributed by atoms with Crippen LogP contribution in [0.25, 0.3) is 0 Å². The Bertz CT molecular complexity index is 1410. The summed E-state index contributed by atoms with van der Waals surface area (Å²) in [5.74, 6) is 1.57. The number of dihydropyridines is 1. The molecule has 2 aliphatic heterocycles. The molecule has 3 amide bonds. The first-order valence-corrected chi connectivity index (χ1v) is 11.7. The van der Waals surface area contributed by atoms with Crippen LogP contribution >= 0.6 is 0 Å². The standard InChI is InChI=1S/C29H26N4O4/c1-19-4-9-22(10-5-19)32-26-17-8-21(18-27(34)30-20-6-13-24(36-2)14-7-20)31-28(26)33(29(32)35)23-11-15-25(37-3)16-12-23/h4-18,26H,1-3H3,(H,30,34)/b21-18-. The van der Waals surface area contributed by atoms with Gasteiger partial charge >= 0.3 is 6.03 Å². The van der Waals surface area contributed by atoms with Crippen molar-refractivity contribution in [3.63, 3.8) is 0 Å². The lowest BCUT2D eigenvalue weighted by atomic mass is 10.1. The lowest BCUT2D eigenvalue weighted by molar-refractivity contribution is -0.111. The van der Waals surface area contributed by atoms with Gasteiger partial charge in [0, 0.05) is 17.5 Å². The number of hydrogen-bond acceptors (Lipinski definition) is 5. The molecular formula is C29H26N4O4. The molecule has 0 aliphatic carbocycles. The highest BCUT2D eigenvalue weighted by molar-refractivity contribution is 6.31. The smallest absolute Gasteiger partial charge is 0.335 e. The van der Waals surface area contributed by atoms with Crippen LogP contribution in [0.5, 0.6) is 11.5 Å². The molecule has 2 heterocycles. The number of amidine groups is 1. The van der Waals surface area contributed by atoms with Gasteiger partial charge in [-0.05, 0) is 73.7 Å². The van der Waals surface area contributed by atoms with Gasteiger partial charge in [0.15, 0.2) is 0 Å². The molecule has 37 heavy (non-hydrogen) atoms. The summed E-state index contributed by atoms with van der Waals surface area (Å²) in [6.45, 7) is 2.00. The van der Waals surface area contributed by atoms with Crippen molar-refractivity contribution < 1.29 is 19.1 Å². The van der Waals surface area contributed by atoms with Crippen molar-refractivity contribution in [1.82, 2.24) is 0 Å². The minimum absolute atomic E-state index is 0.230. The van der Waals surface area contributed by atoms with Gasteiger partial charge in [-0.25, -0.2) is 14.7 Å². The Hall–Kier alpha value is -4.85. The number of carbonyl (C=O) groups excluding carboxylic acids is 2. The number of urea groups is 1. The number of fused-ring (bicyclic) bond motifs is 1. The molecule has 2 aliphatic rings. The number of amides is 3. The summed E-state index contributed by atoms with van der Waals surface area (Å²) in [7, 11) is 3.18. The molecule has 1 unspecified atom stereocenters. The highest BCUT2D eigenvalue weighted by Gasteiger charge is 2.44. The first-order valence-electron chi connectivity index (χ1n) is 11.7. The number of nitrogens with one attached hydrogen (secondary N) is 1. The van der Waals surface area contributed by atoms with Crippen LogP contribution < -0.4 is 24.6 Å². The Morgan fingerprint density at radius 2 is 1.49 bits per heavy atom. The fourth-order valence-corrected chi connectivity index (χ4v) is 4.24. The molecule has 1 atom stereocenters. The van der Waals surface area contributed by atoms with E-state index < -0.39 is 6.04 Å². The number of hydrogen-bond donors (Lipinski definition) is 1. The maximum atomic E-state index is 13.7. The normalized spacial score (nSPS) is 17.5. The highest BCUT2D eigenvalue weighted by atomic mass is 16.5. The fourth-order valence-electron chi connectivity index (χ4n) is 4.24. The third kappa shape index (κ3) is 4.81. The topological polar surface area (TPSA) is 83.5 Å². The zero-order chi connectivity index (χ0) is 25.9. The van der Waals surface area contributed by atoms with Gasteiger partial charge in [0.1, 0.15) is 23.4 Å². The number of nitrogens with zero attached hydrogens (tertiary/aromatic N) is 3. The van der Waals surface area contributed by atoms with E-state index in [0.717, 1.165) is 11.3 Å². The quantitative estimate of drug-likeness (QED) is 0.470. The van der Waals surface area contributed by atoms with E-state index in [-0.39, 0.29) is 11.9 Å². The number of benzene rings is 3. The second-order valence-corrected chi connectivity index (χ2v) is 8.58. The monoisotopic (exact) mass is 494 g/mol. The molecule has 8 heteroatoms. The minimum Gasteiger partial charge on any atom is -0.497 e. The van der Waals surface area contributed by atoms with E-state index in [9.17, 15) is 9.59 Å². The first kappa shape index (κ1) is 23.9. The first-order chi connectivity index (χ1) is 18.0. The van der Waals surface area contributed by atoms with E-state index in [1.165, 1.54) is 6.08 Å². The molecule has 1 saturated heterocycles. The van der Waals surface area contributed by atoms with E-state index in [4.69, 9.17) is 14.5 Å². The van der Waals surface area contributed by atoms with Crippen molar-refractivity contribution in [2.75, 3.05) is 29.3 Å². The van der Waals surface area contributed by atoms with Crippen molar-refractivity contribution in [1.29, 1.82) is 0 Å². The molecule has 1 N–H and O–H groups in total. The van der Waals surface area contributed by atoms with E-state index >= 15 is 0 Å². The van der Waals surface area contributed by atoms with E-state index in [0.29, 0.717) is 34.4 Å². The summed E-state index contributed by atoms with van der Waals surface area (Å²) in [4.78, 5) is 34.4. The SMILES string of the molecule is COc1ccc(NC(=O)/C=C2/C=CC3C(=N2)N(c2ccc(OC)cc2)C(=O)N3c2ccc(C)cc2)cc1. The van der Waals surface area contributed by atoms with Gasteiger partial charge in [0.05, 0.1) is 25.6 Å². The molecule has 3 aromatic carbocycles. The number of aliphatic imine (C=N–C) groups is 1. The van der Waals surface area contributed by atoms with Gasteiger partial charge in [-0.1, -0.05) is 23.8 Å². The number of ether oxygens (including phenoxy) is 2. The third-order valence-corrected chi connectivity index (χ3v) is 6.14. The molecule has 3 aromatic rings. The number of rotatable bonds is 6.